The van der Waals surface area contributed by atoms with Gasteiger partial charge < -0.3 is 4.84 Å². The third-order valence-corrected chi connectivity index (χ3v) is 2.79. The second kappa shape index (κ2) is 4.06. The van der Waals surface area contributed by atoms with Gasteiger partial charge in [-0.1, -0.05) is 17.3 Å². The summed E-state index contributed by atoms with van der Waals surface area (Å²) in [5.41, 5.74) is 2.86. The van der Waals surface area contributed by atoms with Gasteiger partial charge >= 0.3 is 0 Å². The minimum absolute atomic E-state index is 0.0838. The van der Waals surface area contributed by atoms with Crippen molar-refractivity contribution in [2.45, 2.75) is 19.1 Å². The van der Waals surface area contributed by atoms with Crippen molar-refractivity contribution in [3.8, 4) is 0 Å². The fraction of sp³-hybridized carbons (Fsp3) is 0.333. The molecule has 3 heterocycles. The van der Waals surface area contributed by atoms with E-state index in [0.717, 1.165) is 36.4 Å². The Bertz CT molecular complexity index is 439. The van der Waals surface area contributed by atoms with Crippen molar-refractivity contribution < 1.29 is 4.84 Å². The van der Waals surface area contributed by atoms with Gasteiger partial charge in [0.15, 0.2) is 0 Å². The summed E-state index contributed by atoms with van der Waals surface area (Å²) < 4.78 is 0. The van der Waals surface area contributed by atoms with Crippen LogP contribution in [0.2, 0.25) is 0 Å². The number of allylic oxidation sites excluding steroid dienone is 1. The van der Waals surface area contributed by atoms with E-state index in [1.54, 1.807) is 6.20 Å². The number of aromatic nitrogens is 1. The van der Waals surface area contributed by atoms with E-state index >= 15 is 0 Å². The maximum absolute atomic E-state index is 5.37. The first-order chi connectivity index (χ1) is 7.95. The summed E-state index contributed by atoms with van der Waals surface area (Å²) in [6.07, 6.45) is 6.09. The van der Waals surface area contributed by atoms with Crippen LogP contribution in [0.4, 0.5) is 0 Å². The minimum atomic E-state index is -0.0838. The van der Waals surface area contributed by atoms with Gasteiger partial charge in [0.25, 0.3) is 0 Å². The molecule has 2 aliphatic heterocycles. The van der Waals surface area contributed by atoms with Gasteiger partial charge in [0, 0.05) is 11.8 Å². The molecule has 1 unspecified atom stereocenters. The zero-order valence-corrected chi connectivity index (χ0v) is 8.89. The van der Waals surface area contributed by atoms with Gasteiger partial charge in [-0.15, -0.1) is 0 Å². The van der Waals surface area contributed by atoms with Crippen LogP contribution in [0, 0.1) is 0 Å². The second-order valence-corrected chi connectivity index (χ2v) is 3.90. The first kappa shape index (κ1) is 9.54. The van der Waals surface area contributed by atoms with Crippen molar-refractivity contribution in [3.05, 3.63) is 41.7 Å². The van der Waals surface area contributed by atoms with Gasteiger partial charge in [-0.3, -0.25) is 10.3 Å². The van der Waals surface area contributed by atoms with Crippen LogP contribution in [-0.2, 0) is 4.84 Å². The molecule has 3 rings (SSSR count). The molecule has 4 heteroatoms. The van der Waals surface area contributed by atoms with Gasteiger partial charge in [0.05, 0.1) is 5.69 Å². The molecule has 0 fully saturated rings. The second-order valence-electron chi connectivity index (χ2n) is 3.90. The van der Waals surface area contributed by atoms with E-state index in [1.165, 1.54) is 0 Å². The van der Waals surface area contributed by atoms with Crippen molar-refractivity contribution in [1.29, 1.82) is 0 Å². The lowest BCUT2D eigenvalue weighted by Gasteiger charge is -2.09. The zero-order valence-electron chi connectivity index (χ0n) is 8.89. The zero-order chi connectivity index (χ0) is 10.8. The summed E-state index contributed by atoms with van der Waals surface area (Å²) in [6, 6.07) is 5.82. The first-order valence-electron chi connectivity index (χ1n) is 5.54. The number of rotatable bonds is 1. The predicted molar refractivity (Wildman–Crippen MR) is 61.0 cm³/mol. The van der Waals surface area contributed by atoms with Crippen molar-refractivity contribution in [2.75, 3.05) is 6.54 Å². The molecule has 1 aromatic heterocycles. The Morgan fingerprint density at radius 1 is 1.38 bits per heavy atom. The molecule has 0 saturated heterocycles. The molecule has 82 valence electrons. The van der Waals surface area contributed by atoms with Crippen molar-refractivity contribution in [2.24, 2.45) is 5.16 Å². The van der Waals surface area contributed by atoms with Crippen LogP contribution in [-0.4, -0.2) is 23.5 Å². The molecule has 0 spiro atoms. The van der Waals surface area contributed by atoms with E-state index in [4.69, 9.17) is 4.84 Å². The van der Waals surface area contributed by atoms with Crippen LogP contribution in [0.15, 0.2) is 41.2 Å². The lowest BCUT2D eigenvalue weighted by atomic mass is 10.1. The smallest absolute Gasteiger partial charge is 0.206 e. The predicted octanol–water partition coefficient (Wildman–Crippen LogP) is 1.45. The number of pyridine rings is 1. The average Bonchev–Trinajstić information content (AvgIpc) is 2.60. The van der Waals surface area contributed by atoms with Crippen LogP contribution in [0.3, 0.4) is 0 Å². The molecule has 0 radical (unpaired) electrons. The third-order valence-electron chi connectivity index (χ3n) is 2.79. The van der Waals surface area contributed by atoms with Crippen LogP contribution in [0.5, 0.6) is 0 Å². The van der Waals surface area contributed by atoms with Gasteiger partial charge in [-0.25, -0.2) is 0 Å². The Morgan fingerprint density at radius 3 is 3.25 bits per heavy atom. The molecule has 1 N–H and O–H groups in total. The molecule has 0 bridgehead atoms. The quantitative estimate of drug-likeness (QED) is 0.771. The first-order valence-corrected chi connectivity index (χ1v) is 5.54. The van der Waals surface area contributed by atoms with Crippen molar-refractivity contribution in [3.63, 3.8) is 0 Å². The summed E-state index contributed by atoms with van der Waals surface area (Å²) in [4.78, 5) is 9.68. The van der Waals surface area contributed by atoms with Crippen LogP contribution in [0.1, 0.15) is 18.5 Å². The molecule has 0 amide bonds. The molecule has 0 aromatic carbocycles. The Labute approximate surface area is 94.0 Å². The van der Waals surface area contributed by atoms with Gasteiger partial charge in [0.1, 0.15) is 5.71 Å². The number of fused-ring (bicyclic) bond motifs is 1. The van der Waals surface area contributed by atoms with E-state index < -0.39 is 0 Å². The lowest BCUT2D eigenvalue weighted by molar-refractivity contribution is 0.0808. The Kier molecular flexibility index (Phi) is 2.42. The highest BCUT2D eigenvalue weighted by Crippen LogP contribution is 2.22. The maximum atomic E-state index is 5.37. The van der Waals surface area contributed by atoms with Crippen molar-refractivity contribution in [1.82, 2.24) is 10.3 Å². The number of hydrogen-bond donors (Lipinski definition) is 1. The van der Waals surface area contributed by atoms with Gasteiger partial charge in [-0.05, 0) is 31.5 Å². The molecular formula is C12H13N3O. The number of oxime groups is 1. The SMILES string of the molecule is C1=C2C(c3ccccn3)=NOC2NCCC1. The monoisotopic (exact) mass is 215 g/mol. The molecule has 4 nitrogen and oxygen atoms in total. The largest absolute Gasteiger partial charge is 0.371 e. The molecule has 0 saturated carbocycles. The van der Waals surface area contributed by atoms with E-state index in [1.807, 2.05) is 18.2 Å². The normalized spacial score (nSPS) is 23.9. The lowest BCUT2D eigenvalue weighted by Crippen LogP contribution is -2.30. The maximum Gasteiger partial charge on any atom is 0.206 e. The van der Waals surface area contributed by atoms with E-state index in [-0.39, 0.29) is 6.23 Å². The summed E-state index contributed by atoms with van der Waals surface area (Å²) in [6.45, 7) is 0.968. The Balaban J connectivity index is 1.95. The molecular weight excluding hydrogens is 202 g/mol. The van der Waals surface area contributed by atoms with E-state index in [9.17, 15) is 0 Å². The van der Waals surface area contributed by atoms with Crippen molar-refractivity contribution >= 4 is 5.71 Å². The van der Waals surface area contributed by atoms with Gasteiger partial charge in [-0.2, -0.15) is 0 Å². The van der Waals surface area contributed by atoms with Crippen LogP contribution < -0.4 is 5.32 Å². The standard InChI is InChI=1S/C12H13N3O/c1-3-8-14-12-9(5-1)11(15-16-12)10-6-2-4-7-13-10/h2,4-7,12,14H,1,3,8H2. The molecule has 1 aromatic rings. The Hall–Kier alpha value is -1.68. The summed E-state index contributed by atoms with van der Waals surface area (Å²) in [5.74, 6) is 0. The number of nitrogens with zero attached hydrogens (tertiary/aromatic N) is 2. The fourth-order valence-corrected chi connectivity index (χ4v) is 1.98. The fourth-order valence-electron chi connectivity index (χ4n) is 1.98. The van der Waals surface area contributed by atoms with E-state index in [2.05, 4.69) is 21.5 Å². The minimum Gasteiger partial charge on any atom is -0.371 e. The van der Waals surface area contributed by atoms with Gasteiger partial charge in [0.2, 0.25) is 6.23 Å². The number of nitrogens with one attached hydrogen (secondary N) is 1. The molecule has 1 atom stereocenters. The third kappa shape index (κ3) is 1.61. The topological polar surface area (TPSA) is 46.5 Å². The summed E-state index contributed by atoms with van der Waals surface area (Å²) in [5, 5.41) is 7.43. The molecule has 0 aliphatic carbocycles. The Morgan fingerprint density at radius 2 is 2.38 bits per heavy atom. The highest BCUT2D eigenvalue weighted by atomic mass is 16.7. The summed E-state index contributed by atoms with van der Waals surface area (Å²) in [7, 11) is 0. The highest BCUT2D eigenvalue weighted by molar-refractivity contribution is 6.12. The summed E-state index contributed by atoms with van der Waals surface area (Å²) >= 11 is 0. The highest BCUT2D eigenvalue weighted by Gasteiger charge is 2.29. The van der Waals surface area contributed by atoms with E-state index in [0.29, 0.717) is 0 Å². The molecule has 16 heavy (non-hydrogen) atoms. The molecule has 2 aliphatic rings. The number of hydrogen-bond acceptors (Lipinski definition) is 4. The average molecular weight is 215 g/mol. The van der Waals surface area contributed by atoms with Crippen LogP contribution >= 0.6 is 0 Å². The van der Waals surface area contributed by atoms with Crippen LogP contribution in [0.25, 0.3) is 0 Å².